The van der Waals surface area contributed by atoms with Crippen molar-refractivity contribution in [3.8, 4) is 0 Å². The maximum absolute atomic E-state index is 12.8. The van der Waals surface area contributed by atoms with Crippen LogP contribution in [0.4, 0.5) is 10.1 Å². The molecule has 0 saturated heterocycles. The Morgan fingerprint density at radius 2 is 1.92 bits per heavy atom. The number of hydrogen-bond acceptors (Lipinski definition) is 2. The third-order valence-electron chi connectivity index (χ3n) is 4.01. The van der Waals surface area contributed by atoms with Gasteiger partial charge in [-0.15, -0.1) is 0 Å². The van der Waals surface area contributed by atoms with E-state index in [1.54, 1.807) is 12.1 Å². The Kier molecular flexibility index (Phi) is 6.79. The Hall–Kier alpha value is -2.36. The van der Waals surface area contributed by atoms with E-state index in [0.717, 1.165) is 17.8 Å². The molecule has 0 aliphatic carbocycles. The van der Waals surface area contributed by atoms with Crippen LogP contribution < -0.4 is 10.2 Å². The largest absolute Gasteiger partial charge is 0.371 e. The molecule has 24 heavy (non-hydrogen) atoms. The van der Waals surface area contributed by atoms with Crippen LogP contribution in [0.3, 0.4) is 0 Å². The molecule has 0 heterocycles. The number of aryl methyl sites for hydroxylation is 1. The molecule has 0 saturated carbocycles. The number of nitrogens with one attached hydrogen (secondary N) is 1. The summed E-state index contributed by atoms with van der Waals surface area (Å²) in [4.78, 5) is 14.2. The molecule has 0 aromatic heterocycles. The van der Waals surface area contributed by atoms with E-state index in [9.17, 15) is 9.18 Å². The van der Waals surface area contributed by atoms with Gasteiger partial charge in [0, 0.05) is 31.7 Å². The van der Waals surface area contributed by atoms with Gasteiger partial charge >= 0.3 is 0 Å². The number of rotatable bonds is 8. The standard InChI is InChI=1S/C20H25FN2O/c1-3-23(19-6-4-5-16(2)15-19)14-12-20(24)22-13-11-17-7-9-18(21)10-8-17/h4-10,15H,3,11-14H2,1-2H3,(H,22,24). The van der Waals surface area contributed by atoms with Crippen molar-refractivity contribution in [3.63, 3.8) is 0 Å². The fourth-order valence-electron chi connectivity index (χ4n) is 2.62. The molecule has 0 atom stereocenters. The molecule has 0 radical (unpaired) electrons. The number of benzene rings is 2. The van der Waals surface area contributed by atoms with Gasteiger partial charge in [0.2, 0.25) is 5.91 Å². The zero-order chi connectivity index (χ0) is 17.4. The van der Waals surface area contributed by atoms with Crippen molar-refractivity contribution in [1.29, 1.82) is 0 Å². The second kappa shape index (κ2) is 9.06. The number of halogens is 1. The number of amides is 1. The minimum Gasteiger partial charge on any atom is -0.371 e. The maximum Gasteiger partial charge on any atom is 0.221 e. The van der Waals surface area contributed by atoms with E-state index in [1.807, 2.05) is 6.07 Å². The Labute approximate surface area is 143 Å². The highest BCUT2D eigenvalue weighted by molar-refractivity contribution is 5.76. The summed E-state index contributed by atoms with van der Waals surface area (Å²) in [6.07, 6.45) is 1.17. The van der Waals surface area contributed by atoms with Crippen molar-refractivity contribution in [1.82, 2.24) is 5.32 Å². The van der Waals surface area contributed by atoms with Crippen LogP contribution in [0.1, 0.15) is 24.5 Å². The van der Waals surface area contributed by atoms with Gasteiger partial charge in [-0.3, -0.25) is 4.79 Å². The Morgan fingerprint density at radius 3 is 2.58 bits per heavy atom. The lowest BCUT2D eigenvalue weighted by Crippen LogP contribution is -2.31. The van der Waals surface area contributed by atoms with Crippen LogP contribution in [0, 0.1) is 12.7 Å². The molecule has 2 aromatic rings. The summed E-state index contributed by atoms with van der Waals surface area (Å²) in [5.41, 5.74) is 3.39. The van der Waals surface area contributed by atoms with Gasteiger partial charge in [-0.05, 0) is 55.7 Å². The van der Waals surface area contributed by atoms with Gasteiger partial charge in [-0.25, -0.2) is 4.39 Å². The number of anilines is 1. The zero-order valence-electron chi connectivity index (χ0n) is 14.4. The second-order valence-electron chi connectivity index (χ2n) is 5.90. The van der Waals surface area contributed by atoms with Gasteiger partial charge in [0.15, 0.2) is 0 Å². The third-order valence-corrected chi connectivity index (χ3v) is 4.01. The Balaban J connectivity index is 1.74. The number of carbonyl (C=O) groups excluding carboxylic acids is 1. The lowest BCUT2D eigenvalue weighted by Gasteiger charge is -2.23. The molecule has 1 N–H and O–H groups in total. The molecule has 1 amide bonds. The predicted molar refractivity (Wildman–Crippen MR) is 96.8 cm³/mol. The molecule has 0 fully saturated rings. The van der Waals surface area contributed by atoms with Crippen LogP contribution in [-0.4, -0.2) is 25.5 Å². The van der Waals surface area contributed by atoms with Crippen molar-refractivity contribution in [2.75, 3.05) is 24.5 Å². The zero-order valence-corrected chi connectivity index (χ0v) is 14.4. The van der Waals surface area contributed by atoms with Crippen molar-refractivity contribution >= 4 is 11.6 Å². The average Bonchev–Trinajstić information content (AvgIpc) is 2.57. The van der Waals surface area contributed by atoms with Gasteiger partial charge in [0.05, 0.1) is 0 Å². The van der Waals surface area contributed by atoms with E-state index in [1.165, 1.54) is 17.7 Å². The number of hydrogen-bond donors (Lipinski definition) is 1. The first-order valence-corrected chi connectivity index (χ1v) is 8.41. The van der Waals surface area contributed by atoms with Gasteiger partial charge in [0.25, 0.3) is 0 Å². The molecule has 3 nitrogen and oxygen atoms in total. The molecular weight excluding hydrogens is 303 g/mol. The summed E-state index contributed by atoms with van der Waals surface area (Å²) >= 11 is 0. The van der Waals surface area contributed by atoms with Crippen LogP contribution in [0.15, 0.2) is 48.5 Å². The van der Waals surface area contributed by atoms with Crippen LogP contribution in [0.25, 0.3) is 0 Å². The fourth-order valence-corrected chi connectivity index (χ4v) is 2.62. The molecule has 4 heteroatoms. The van der Waals surface area contributed by atoms with E-state index >= 15 is 0 Å². The van der Waals surface area contributed by atoms with Crippen molar-refractivity contribution in [2.45, 2.75) is 26.7 Å². The van der Waals surface area contributed by atoms with Crippen LogP contribution in [0.2, 0.25) is 0 Å². The molecule has 0 spiro atoms. The van der Waals surface area contributed by atoms with Crippen molar-refractivity contribution < 1.29 is 9.18 Å². The summed E-state index contributed by atoms with van der Waals surface area (Å²) in [6.45, 7) is 6.30. The van der Waals surface area contributed by atoms with Crippen LogP contribution in [0.5, 0.6) is 0 Å². The summed E-state index contributed by atoms with van der Waals surface area (Å²) in [6, 6.07) is 14.7. The normalized spacial score (nSPS) is 10.5. The van der Waals surface area contributed by atoms with E-state index in [2.05, 4.69) is 42.3 Å². The van der Waals surface area contributed by atoms with E-state index in [0.29, 0.717) is 25.9 Å². The fraction of sp³-hybridized carbons (Fsp3) is 0.350. The summed E-state index contributed by atoms with van der Waals surface area (Å²) in [5, 5.41) is 2.93. The van der Waals surface area contributed by atoms with Gasteiger partial charge < -0.3 is 10.2 Å². The maximum atomic E-state index is 12.8. The highest BCUT2D eigenvalue weighted by atomic mass is 19.1. The topological polar surface area (TPSA) is 32.3 Å². The molecule has 0 aliphatic heterocycles. The lowest BCUT2D eigenvalue weighted by atomic mass is 10.1. The minimum atomic E-state index is -0.237. The first kappa shape index (κ1) is 18.0. The predicted octanol–water partition coefficient (Wildman–Crippen LogP) is 3.71. The summed E-state index contributed by atoms with van der Waals surface area (Å²) in [5.74, 6) is -0.193. The smallest absolute Gasteiger partial charge is 0.221 e. The lowest BCUT2D eigenvalue weighted by molar-refractivity contribution is -0.120. The molecule has 2 aromatic carbocycles. The molecule has 2 rings (SSSR count). The van der Waals surface area contributed by atoms with Crippen molar-refractivity contribution in [3.05, 3.63) is 65.5 Å². The van der Waals surface area contributed by atoms with Crippen LogP contribution >= 0.6 is 0 Å². The number of carbonyl (C=O) groups is 1. The molecular formula is C20H25FN2O. The first-order chi connectivity index (χ1) is 11.6. The van der Waals surface area contributed by atoms with Gasteiger partial charge in [0.1, 0.15) is 5.82 Å². The molecule has 0 aliphatic rings. The van der Waals surface area contributed by atoms with E-state index in [-0.39, 0.29) is 11.7 Å². The summed E-state index contributed by atoms with van der Waals surface area (Å²) < 4.78 is 12.8. The Morgan fingerprint density at radius 1 is 1.17 bits per heavy atom. The molecule has 128 valence electrons. The van der Waals surface area contributed by atoms with Crippen molar-refractivity contribution in [2.24, 2.45) is 0 Å². The SMILES string of the molecule is CCN(CCC(=O)NCCc1ccc(F)cc1)c1cccc(C)c1. The third kappa shape index (κ3) is 5.69. The highest BCUT2D eigenvalue weighted by Gasteiger charge is 2.08. The monoisotopic (exact) mass is 328 g/mol. The Bertz CT molecular complexity index is 655. The summed E-state index contributed by atoms with van der Waals surface area (Å²) in [7, 11) is 0. The number of nitrogens with zero attached hydrogens (tertiary/aromatic N) is 1. The molecule has 0 unspecified atom stereocenters. The van der Waals surface area contributed by atoms with E-state index < -0.39 is 0 Å². The molecule has 0 bridgehead atoms. The van der Waals surface area contributed by atoms with Gasteiger partial charge in [-0.2, -0.15) is 0 Å². The van der Waals surface area contributed by atoms with Gasteiger partial charge in [-0.1, -0.05) is 24.3 Å². The minimum absolute atomic E-state index is 0.0446. The van der Waals surface area contributed by atoms with E-state index in [4.69, 9.17) is 0 Å². The van der Waals surface area contributed by atoms with Crippen LogP contribution in [-0.2, 0) is 11.2 Å². The quantitative estimate of drug-likeness (QED) is 0.801. The second-order valence-corrected chi connectivity index (χ2v) is 5.90. The average molecular weight is 328 g/mol. The highest BCUT2D eigenvalue weighted by Crippen LogP contribution is 2.15. The first-order valence-electron chi connectivity index (χ1n) is 8.41.